The lowest BCUT2D eigenvalue weighted by molar-refractivity contribution is -0.385. The van der Waals surface area contributed by atoms with Gasteiger partial charge in [0.1, 0.15) is 11.2 Å². The van der Waals surface area contributed by atoms with E-state index in [1.54, 1.807) is 6.07 Å². The Hall–Kier alpha value is -3.85. The van der Waals surface area contributed by atoms with Gasteiger partial charge in [0.25, 0.3) is 11.2 Å². The Balaban J connectivity index is 1.69. The molecule has 0 unspecified atom stereocenters. The van der Waals surface area contributed by atoms with Crippen molar-refractivity contribution in [3.05, 3.63) is 91.8 Å². The Bertz CT molecular complexity index is 1330. The Kier molecular flexibility index (Phi) is 5.11. The molecule has 0 saturated carbocycles. The van der Waals surface area contributed by atoms with Crippen LogP contribution in [-0.2, 0) is 11.2 Å². The molecule has 1 amide bonds. The molecule has 8 nitrogen and oxygen atoms in total. The predicted molar refractivity (Wildman–Crippen MR) is 115 cm³/mol. The third-order valence-electron chi connectivity index (χ3n) is 4.64. The molecule has 4 rings (SSSR count). The van der Waals surface area contributed by atoms with E-state index in [0.29, 0.717) is 10.2 Å². The lowest BCUT2D eigenvalue weighted by Gasteiger charge is -2.09. The van der Waals surface area contributed by atoms with E-state index in [4.69, 9.17) is 0 Å². The molecule has 2 aromatic heterocycles. The highest BCUT2D eigenvalue weighted by Gasteiger charge is 2.19. The number of rotatable bonds is 5. The molecule has 1 N–H and O–H groups in total. The summed E-state index contributed by atoms with van der Waals surface area (Å²) in [6.45, 7) is 1.92. The van der Waals surface area contributed by atoms with Crippen LogP contribution in [0.3, 0.4) is 0 Å². The number of benzene rings is 2. The van der Waals surface area contributed by atoms with Gasteiger partial charge < -0.3 is 0 Å². The number of nitrogens with zero attached hydrogens (tertiary/aromatic N) is 3. The number of para-hydroxylation sites is 1. The van der Waals surface area contributed by atoms with Gasteiger partial charge in [0.2, 0.25) is 5.91 Å². The van der Waals surface area contributed by atoms with Crippen molar-refractivity contribution in [3.8, 4) is 11.1 Å². The summed E-state index contributed by atoms with van der Waals surface area (Å²) in [7, 11) is 0. The summed E-state index contributed by atoms with van der Waals surface area (Å²) in [5, 5.41) is 11.6. The highest BCUT2D eigenvalue weighted by Crippen LogP contribution is 2.35. The minimum atomic E-state index is -0.555. The van der Waals surface area contributed by atoms with Crippen molar-refractivity contribution in [3.63, 3.8) is 0 Å². The highest BCUT2D eigenvalue weighted by molar-refractivity contribution is 7.19. The second kappa shape index (κ2) is 7.88. The molecular weight excluding hydrogens is 404 g/mol. The fourth-order valence-corrected chi connectivity index (χ4v) is 4.32. The van der Waals surface area contributed by atoms with Gasteiger partial charge in [-0.1, -0.05) is 48.5 Å². The van der Waals surface area contributed by atoms with Gasteiger partial charge in [0.15, 0.2) is 0 Å². The van der Waals surface area contributed by atoms with E-state index in [-0.39, 0.29) is 17.7 Å². The van der Waals surface area contributed by atoms with Crippen LogP contribution in [0.4, 0.5) is 5.69 Å². The van der Waals surface area contributed by atoms with Gasteiger partial charge in [-0.3, -0.25) is 25.1 Å². The van der Waals surface area contributed by atoms with Crippen molar-refractivity contribution >= 4 is 33.1 Å². The molecule has 0 bridgehead atoms. The van der Waals surface area contributed by atoms with Gasteiger partial charge >= 0.3 is 0 Å². The standard InChI is InChI=1S/C21H16N4O4S/c1-13-18(14-7-3-2-4-8-14)19-20(30-13)22-12-24(21(19)27)23-17(26)11-15-9-5-6-10-16(15)25(28)29/h2-10,12H,11H2,1H3,(H,23,26). The van der Waals surface area contributed by atoms with Gasteiger partial charge in [-0.25, -0.2) is 9.66 Å². The number of thiophene rings is 1. The van der Waals surface area contributed by atoms with Crippen LogP contribution in [0, 0.1) is 17.0 Å². The maximum absolute atomic E-state index is 13.1. The summed E-state index contributed by atoms with van der Waals surface area (Å²) in [6, 6.07) is 15.5. The minimum Gasteiger partial charge on any atom is -0.273 e. The fourth-order valence-electron chi connectivity index (χ4n) is 3.32. The maximum atomic E-state index is 13.1. The van der Waals surface area contributed by atoms with E-state index < -0.39 is 16.4 Å². The summed E-state index contributed by atoms with van der Waals surface area (Å²) < 4.78 is 1.03. The number of nitro groups is 1. The summed E-state index contributed by atoms with van der Waals surface area (Å²) in [5.41, 5.74) is 3.88. The molecule has 0 aliphatic carbocycles. The first kappa shape index (κ1) is 19.5. The predicted octanol–water partition coefficient (Wildman–Crippen LogP) is 3.65. The average Bonchev–Trinajstić information content (AvgIpc) is 3.07. The molecule has 0 aliphatic heterocycles. The molecule has 2 heterocycles. The van der Waals surface area contributed by atoms with Gasteiger partial charge in [-0.2, -0.15) is 0 Å². The lowest BCUT2D eigenvalue weighted by Crippen LogP contribution is -2.34. The van der Waals surface area contributed by atoms with Crippen molar-refractivity contribution < 1.29 is 9.72 Å². The van der Waals surface area contributed by atoms with Crippen LogP contribution < -0.4 is 11.0 Å². The zero-order valence-corrected chi connectivity index (χ0v) is 16.7. The largest absolute Gasteiger partial charge is 0.281 e. The van der Waals surface area contributed by atoms with Crippen LogP contribution in [0.15, 0.2) is 65.7 Å². The van der Waals surface area contributed by atoms with E-state index in [0.717, 1.165) is 20.7 Å². The Labute approximate surface area is 174 Å². The number of amides is 1. The minimum absolute atomic E-state index is 0.145. The van der Waals surface area contributed by atoms with E-state index in [2.05, 4.69) is 10.4 Å². The SMILES string of the molecule is Cc1sc2ncn(NC(=O)Cc3ccccc3[N+](=O)[O-])c(=O)c2c1-c1ccccc1. The van der Waals surface area contributed by atoms with Gasteiger partial charge in [-0.05, 0) is 12.5 Å². The third kappa shape index (κ3) is 3.58. The van der Waals surface area contributed by atoms with Crippen molar-refractivity contribution in [2.75, 3.05) is 5.43 Å². The molecule has 2 aromatic carbocycles. The monoisotopic (exact) mass is 420 g/mol. The smallest absolute Gasteiger partial charge is 0.273 e. The zero-order valence-electron chi connectivity index (χ0n) is 15.9. The molecule has 0 spiro atoms. The summed E-state index contributed by atoms with van der Waals surface area (Å²) in [5.74, 6) is -0.555. The maximum Gasteiger partial charge on any atom is 0.281 e. The Morgan fingerprint density at radius 1 is 1.17 bits per heavy atom. The van der Waals surface area contributed by atoms with Gasteiger partial charge in [0.05, 0.1) is 16.7 Å². The van der Waals surface area contributed by atoms with Crippen LogP contribution in [0.25, 0.3) is 21.3 Å². The highest BCUT2D eigenvalue weighted by atomic mass is 32.1. The van der Waals surface area contributed by atoms with Crippen LogP contribution in [0.5, 0.6) is 0 Å². The zero-order chi connectivity index (χ0) is 21.3. The first-order valence-electron chi connectivity index (χ1n) is 9.04. The summed E-state index contributed by atoms with van der Waals surface area (Å²) >= 11 is 1.41. The molecule has 0 aliphatic rings. The topological polar surface area (TPSA) is 107 Å². The van der Waals surface area contributed by atoms with Crippen LogP contribution in [0.1, 0.15) is 10.4 Å². The third-order valence-corrected chi connectivity index (χ3v) is 5.65. The number of aromatic nitrogens is 2. The fraction of sp³-hybridized carbons (Fsp3) is 0.0952. The number of carbonyl (C=O) groups excluding carboxylic acids is 1. The number of fused-ring (bicyclic) bond motifs is 1. The van der Waals surface area contributed by atoms with E-state index >= 15 is 0 Å². The molecule has 0 saturated heterocycles. The quantitative estimate of drug-likeness (QED) is 0.392. The molecule has 0 radical (unpaired) electrons. The number of hydrogen-bond donors (Lipinski definition) is 1. The van der Waals surface area contributed by atoms with Crippen LogP contribution in [0.2, 0.25) is 0 Å². The lowest BCUT2D eigenvalue weighted by atomic mass is 10.0. The van der Waals surface area contributed by atoms with Crippen molar-refractivity contribution in [2.24, 2.45) is 0 Å². The second-order valence-electron chi connectivity index (χ2n) is 6.60. The number of aryl methyl sites for hydroxylation is 1. The van der Waals surface area contributed by atoms with Crippen LogP contribution >= 0.6 is 11.3 Å². The van der Waals surface area contributed by atoms with Crippen LogP contribution in [-0.4, -0.2) is 20.5 Å². The number of nitrogens with one attached hydrogen (secondary N) is 1. The molecule has 150 valence electrons. The van der Waals surface area contributed by atoms with Crippen molar-refractivity contribution in [2.45, 2.75) is 13.3 Å². The van der Waals surface area contributed by atoms with E-state index in [9.17, 15) is 19.7 Å². The number of nitro benzene ring substituents is 1. The molecular formula is C21H16N4O4S. The normalized spacial score (nSPS) is 10.8. The van der Waals surface area contributed by atoms with E-state index in [1.165, 1.54) is 35.9 Å². The first-order valence-corrected chi connectivity index (χ1v) is 9.85. The molecule has 0 fully saturated rings. The molecule has 30 heavy (non-hydrogen) atoms. The first-order chi connectivity index (χ1) is 14.5. The number of hydrogen-bond acceptors (Lipinski definition) is 6. The summed E-state index contributed by atoms with van der Waals surface area (Å²) in [4.78, 5) is 42.0. The number of carbonyl (C=O) groups is 1. The van der Waals surface area contributed by atoms with Crippen molar-refractivity contribution in [1.82, 2.24) is 9.66 Å². The van der Waals surface area contributed by atoms with Crippen molar-refractivity contribution in [1.29, 1.82) is 0 Å². The summed E-state index contributed by atoms with van der Waals surface area (Å²) in [6.07, 6.45) is 1.02. The molecule has 9 heteroatoms. The van der Waals surface area contributed by atoms with Gasteiger partial charge in [0, 0.05) is 22.1 Å². The second-order valence-corrected chi connectivity index (χ2v) is 7.80. The average molecular weight is 420 g/mol. The molecule has 0 atom stereocenters. The van der Waals surface area contributed by atoms with Gasteiger partial charge in [-0.15, -0.1) is 11.3 Å². The molecule has 4 aromatic rings. The van der Waals surface area contributed by atoms with E-state index in [1.807, 2.05) is 37.3 Å². The Morgan fingerprint density at radius 2 is 1.87 bits per heavy atom. The Morgan fingerprint density at radius 3 is 2.60 bits per heavy atom.